The molecule has 0 spiro atoms. The van der Waals surface area contributed by atoms with Crippen molar-refractivity contribution in [2.75, 3.05) is 5.75 Å². The molecular weight excluding hydrogens is 282 g/mol. The quantitative estimate of drug-likeness (QED) is 0.724. The molecule has 6 nitrogen and oxygen atoms in total. The molecule has 114 valence electrons. The molecule has 0 aromatic carbocycles. The van der Waals surface area contributed by atoms with E-state index in [9.17, 15) is 14.4 Å². The van der Waals surface area contributed by atoms with Crippen LogP contribution in [0.4, 0.5) is 0 Å². The van der Waals surface area contributed by atoms with Crippen LogP contribution < -0.4 is 0 Å². The Morgan fingerprint density at radius 1 is 1.30 bits per heavy atom. The van der Waals surface area contributed by atoms with Crippen LogP contribution in [0.2, 0.25) is 0 Å². The summed E-state index contributed by atoms with van der Waals surface area (Å²) in [6.07, 6.45) is -0.236. The van der Waals surface area contributed by atoms with E-state index in [0.29, 0.717) is 5.75 Å². The summed E-state index contributed by atoms with van der Waals surface area (Å²) in [6.45, 7) is 9.97. The van der Waals surface area contributed by atoms with Crippen molar-refractivity contribution in [3.63, 3.8) is 0 Å². The summed E-state index contributed by atoms with van der Waals surface area (Å²) in [5, 5.41) is 0. The van der Waals surface area contributed by atoms with E-state index < -0.39 is 16.9 Å². The molecule has 0 N–H and O–H groups in total. The van der Waals surface area contributed by atoms with Crippen molar-refractivity contribution in [3.8, 4) is 0 Å². The molecule has 0 radical (unpaired) electrons. The lowest BCUT2D eigenvalue weighted by Crippen LogP contribution is -2.54. The molecular formula is C13H21NO5S. The number of amides is 1. The van der Waals surface area contributed by atoms with Crippen LogP contribution in [0.3, 0.4) is 0 Å². The van der Waals surface area contributed by atoms with Crippen LogP contribution in [0.15, 0.2) is 0 Å². The van der Waals surface area contributed by atoms with Gasteiger partial charge in [0.2, 0.25) is 5.91 Å². The van der Waals surface area contributed by atoms with Crippen molar-refractivity contribution >= 4 is 36.2 Å². The van der Waals surface area contributed by atoms with Gasteiger partial charge >= 0.3 is 5.97 Å². The fourth-order valence-corrected chi connectivity index (χ4v) is 3.32. The van der Waals surface area contributed by atoms with Gasteiger partial charge in [0.25, 0.3) is 0 Å². The lowest BCUT2D eigenvalue weighted by molar-refractivity contribution is -0.159. The maximum absolute atomic E-state index is 11.9. The number of rotatable bonds is 3. The smallest absolute Gasteiger partial charge is 0.330 e. The number of hydrogen-bond donors (Lipinski definition) is 0. The predicted molar refractivity (Wildman–Crippen MR) is 76.2 cm³/mol. The van der Waals surface area contributed by atoms with Gasteiger partial charge in [-0.1, -0.05) is 0 Å². The Labute approximate surface area is 123 Å². The van der Waals surface area contributed by atoms with Gasteiger partial charge in [-0.3, -0.25) is 9.59 Å². The molecule has 1 fully saturated rings. The van der Waals surface area contributed by atoms with E-state index in [4.69, 9.17) is 9.53 Å². The molecule has 0 saturated carbocycles. The third-order valence-corrected chi connectivity index (χ3v) is 4.44. The summed E-state index contributed by atoms with van der Waals surface area (Å²) >= 11 is 1.31. The molecule has 1 heterocycles. The largest absolute Gasteiger partial charge is 0.461 e. The summed E-state index contributed by atoms with van der Waals surface area (Å²) in [6, 6.07) is -0.677. The molecule has 1 saturated heterocycles. The average Bonchev–Trinajstić information content (AvgIpc) is 2.70. The third kappa shape index (κ3) is 3.82. The van der Waals surface area contributed by atoms with Gasteiger partial charge in [-0.15, -0.1) is 11.8 Å². The first-order chi connectivity index (χ1) is 9.20. The van der Waals surface area contributed by atoms with Crippen LogP contribution in [0.1, 0.15) is 34.6 Å². The number of esters is 1. The van der Waals surface area contributed by atoms with E-state index >= 15 is 0 Å². The third-order valence-electron chi connectivity index (χ3n) is 2.91. The molecule has 1 aliphatic rings. The van der Waals surface area contributed by atoms with Crippen molar-refractivity contribution in [2.45, 2.75) is 51.6 Å². The lowest BCUT2D eigenvalue weighted by Gasteiger charge is -2.33. The molecule has 2 unspecified atom stereocenters. The molecule has 1 amide bonds. The number of hydrogen-bond acceptors (Lipinski definition) is 6. The van der Waals surface area contributed by atoms with Gasteiger partial charge in [-0.2, -0.15) is 0 Å². The van der Waals surface area contributed by atoms with Crippen LogP contribution in [0.25, 0.3) is 0 Å². The molecule has 1 aliphatic heterocycles. The number of Topliss-reactive ketones (excluding diaryl/α,β-unsaturated/α-hetero) is 1. The van der Waals surface area contributed by atoms with E-state index in [1.165, 1.54) is 30.5 Å². The first-order valence-electron chi connectivity index (χ1n) is 6.14. The number of ether oxygens (including phenoxy) is 1. The molecule has 20 heavy (non-hydrogen) atoms. The predicted octanol–water partition coefficient (Wildman–Crippen LogP) is 1.02. The SMILES string of the molecule is C=O.CC(=O)N1C(C(=O)OC(C)C)CSC1(C)C(C)=O. The second kappa shape index (κ2) is 7.42. The maximum atomic E-state index is 11.9. The van der Waals surface area contributed by atoms with E-state index in [1.807, 2.05) is 6.79 Å². The van der Waals surface area contributed by atoms with Gasteiger partial charge < -0.3 is 14.4 Å². The zero-order valence-corrected chi connectivity index (χ0v) is 13.3. The van der Waals surface area contributed by atoms with E-state index in [-0.39, 0.29) is 17.8 Å². The minimum Gasteiger partial charge on any atom is -0.461 e. The van der Waals surface area contributed by atoms with Crippen LogP contribution in [0.5, 0.6) is 0 Å². The standard InChI is InChI=1S/C12H19NO4S.CH2O/c1-7(2)17-11(16)10-6-18-12(5,8(3)14)13(10)9(4)15;1-2/h7,10H,6H2,1-5H3;1H2. The Bertz CT molecular complexity index is 398. The summed E-state index contributed by atoms with van der Waals surface area (Å²) < 4.78 is 5.13. The minimum absolute atomic E-state index is 0.137. The van der Waals surface area contributed by atoms with Gasteiger partial charge in [0.05, 0.1) is 6.10 Å². The zero-order chi connectivity index (χ0) is 16.1. The molecule has 2 atom stereocenters. The Balaban J connectivity index is 0.00000172. The number of carbonyl (C=O) groups excluding carboxylic acids is 4. The highest BCUT2D eigenvalue weighted by atomic mass is 32.2. The van der Waals surface area contributed by atoms with E-state index in [2.05, 4.69) is 0 Å². The Morgan fingerprint density at radius 3 is 2.15 bits per heavy atom. The average molecular weight is 303 g/mol. The fourth-order valence-electron chi connectivity index (χ4n) is 1.96. The number of carbonyl (C=O) groups is 4. The van der Waals surface area contributed by atoms with Crippen LogP contribution >= 0.6 is 11.8 Å². The van der Waals surface area contributed by atoms with E-state index in [1.54, 1.807) is 20.8 Å². The van der Waals surface area contributed by atoms with Crippen molar-refractivity contribution in [3.05, 3.63) is 0 Å². The summed E-state index contributed by atoms with van der Waals surface area (Å²) in [4.78, 5) is 43.7. The Morgan fingerprint density at radius 2 is 1.80 bits per heavy atom. The Kier molecular flexibility index (Phi) is 6.91. The summed E-state index contributed by atoms with van der Waals surface area (Å²) in [5.74, 6) is -0.482. The highest BCUT2D eigenvalue weighted by Gasteiger charge is 2.51. The second-order valence-electron chi connectivity index (χ2n) is 4.74. The monoisotopic (exact) mass is 303 g/mol. The van der Waals surface area contributed by atoms with Crippen LogP contribution in [0, 0.1) is 0 Å². The van der Waals surface area contributed by atoms with Gasteiger partial charge in [-0.25, -0.2) is 4.79 Å². The summed E-state index contributed by atoms with van der Waals surface area (Å²) in [5.41, 5.74) is 0. The van der Waals surface area contributed by atoms with Gasteiger partial charge in [0, 0.05) is 12.7 Å². The Hall–Kier alpha value is -1.37. The van der Waals surface area contributed by atoms with Crippen LogP contribution in [-0.4, -0.2) is 52.1 Å². The first kappa shape index (κ1) is 18.6. The zero-order valence-electron chi connectivity index (χ0n) is 12.5. The molecule has 0 bridgehead atoms. The highest BCUT2D eigenvalue weighted by Crippen LogP contribution is 2.40. The normalized spacial score (nSPS) is 24.9. The maximum Gasteiger partial charge on any atom is 0.330 e. The number of nitrogens with zero attached hydrogens (tertiary/aromatic N) is 1. The fraction of sp³-hybridized carbons (Fsp3) is 0.692. The highest BCUT2D eigenvalue weighted by molar-refractivity contribution is 8.01. The molecule has 0 aliphatic carbocycles. The van der Waals surface area contributed by atoms with Crippen LogP contribution in [-0.2, 0) is 23.9 Å². The van der Waals surface area contributed by atoms with Crippen molar-refractivity contribution in [1.82, 2.24) is 4.90 Å². The van der Waals surface area contributed by atoms with Gasteiger partial charge in [-0.05, 0) is 27.7 Å². The molecule has 0 aromatic rings. The van der Waals surface area contributed by atoms with Gasteiger partial charge in [0.15, 0.2) is 5.78 Å². The molecule has 7 heteroatoms. The topological polar surface area (TPSA) is 80.8 Å². The number of thioether (sulfide) groups is 1. The van der Waals surface area contributed by atoms with Crippen molar-refractivity contribution in [1.29, 1.82) is 0 Å². The van der Waals surface area contributed by atoms with Crippen molar-refractivity contribution in [2.24, 2.45) is 0 Å². The first-order valence-corrected chi connectivity index (χ1v) is 7.13. The van der Waals surface area contributed by atoms with Gasteiger partial charge in [0.1, 0.15) is 17.7 Å². The molecule has 1 rings (SSSR count). The molecule has 0 aromatic heterocycles. The minimum atomic E-state index is -0.966. The van der Waals surface area contributed by atoms with E-state index in [0.717, 1.165) is 0 Å². The lowest BCUT2D eigenvalue weighted by atomic mass is 10.1. The second-order valence-corrected chi connectivity index (χ2v) is 6.16. The van der Waals surface area contributed by atoms with Crippen molar-refractivity contribution < 1.29 is 23.9 Å². The summed E-state index contributed by atoms with van der Waals surface area (Å²) in [7, 11) is 0. The number of ketones is 1.